The second-order valence-corrected chi connectivity index (χ2v) is 16.1. The highest BCUT2D eigenvalue weighted by molar-refractivity contribution is 5.83. The van der Waals surface area contributed by atoms with E-state index >= 15 is 0 Å². The number of benzene rings is 3. The highest BCUT2D eigenvalue weighted by Crippen LogP contribution is 2.34. The number of fused-ring (bicyclic) bond motifs is 1. The Morgan fingerprint density at radius 2 is 1.25 bits per heavy atom. The first kappa shape index (κ1) is 45.3. The number of carbonyl (C=O) groups excluding carboxylic acids is 1. The van der Waals surface area contributed by atoms with Gasteiger partial charge in [-0.25, -0.2) is 0 Å². The summed E-state index contributed by atoms with van der Waals surface area (Å²) in [5.74, 6) is 2.11. The lowest BCUT2D eigenvalue weighted by Crippen LogP contribution is -2.35. The van der Waals surface area contributed by atoms with Gasteiger partial charge in [0.25, 0.3) is 0 Å². The van der Waals surface area contributed by atoms with Crippen LogP contribution in [0, 0.1) is 36.5 Å². The molecule has 8 atom stereocenters. The van der Waals surface area contributed by atoms with Gasteiger partial charge in [-0.1, -0.05) is 142 Å². The first-order chi connectivity index (χ1) is 24.5. The molecule has 0 bridgehead atoms. The Labute approximate surface area is 315 Å². The van der Waals surface area contributed by atoms with Crippen molar-refractivity contribution in [3.8, 4) is 0 Å². The number of aliphatic hydroxyl groups is 3. The summed E-state index contributed by atoms with van der Waals surface area (Å²) in [7, 11) is 0. The molecule has 2 aliphatic rings. The van der Waals surface area contributed by atoms with Crippen molar-refractivity contribution in [1.29, 1.82) is 0 Å². The SMILES string of the molecule is CC(C)Cc1ccc2ccccc2c1.CC(C)[C@@H]1O[C@H](CO)[C@@H](O)[C@H]1O.CC[C@H]1O[C@@H](C(C)C)[C@H](OC(C)=O)[C@@H]1C.Cc1ccc(CC(C)C)cc1. The van der Waals surface area contributed by atoms with E-state index in [-0.39, 0.29) is 42.9 Å². The quantitative estimate of drug-likeness (QED) is 0.190. The molecule has 0 aliphatic carbocycles. The molecule has 0 aromatic heterocycles. The molecular weight excluding hydrogens is 652 g/mol. The van der Waals surface area contributed by atoms with Crippen molar-refractivity contribution in [3.63, 3.8) is 0 Å². The van der Waals surface area contributed by atoms with Crippen LogP contribution in [-0.4, -0.2) is 70.6 Å². The first-order valence-corrected chi connectivity index (χ1v) is 19.5. The molecule has 5 rings (SSSR count). The molecule has 2 saturated heterocycles. The lowest BCUT2D eigenvalue weighted by atomic mass is 9.92. The third kappa shape index (κ3) is 14.5. The largest absolute Gasteiger partial charge is 0.459 e. The van der Waals surface area contributed by atoms with Crippen molar-refractivity contribution < 1.29 is 34.3 Å². The zero-order chi connectivity index (χ0) is 39.1. The number of ether oxygens (including phenoxy) is 3. The van der Waals surface area contributed by atoms with Crippen LogP contribution in [0.3, 0.4) is 0 Å². The zero-order valence-electron chi connectivity index (χ0n) is 34.1. The molecule has 0 amide bonds. The van der Waals surface area contributed by atoms with Crippen LogP contribution in [0.4, 0.5) is 0 Å². The van der Waals surface area contributed by atoms with Crippen LogP contribution in [-0.2, 0) is 31.8 Å². The number of aliphatic hydroxyl groups excluding tert-OH is 3. The first-order valence-electron chi connectivity index (χ1n) is 19.5. The molecule has 52 heavy (non-hydrogen) atoms. The fraction of sp³-hybridized carbons (Fsp3) is 0.622. The molecule has 7 nitrogen and oxygen atoms in total. The van der Waals surface area contributed by atoms with Gasteiger partial charge >= 0.3 is 5.97 Å². The van der Waals surface area contributed by atoms with Crippen molar-refractivity contribution in [2.24, 2.45) is 29.6 Å². The van der Waals surface area contributed by atoms with Gasteiger partial charge in [-0.15, -0.1) is 0 Å². The van der Waals surface area contributed by atoms with E-state index in [9.17, 15) is 15.0 Å². The molecular formula is C45H70O7. The summed E-state index contributed by atoms with van der Waals surface area (Å²) in [5, 5.41) is 30.2. The van der Waals surface area contributed by atoms with Crippen LogP contribution in [0.2, 0.25) is 0 Å². The number of hydrogen-bond acceptors (Lipinski definition) is 7. The fourth-order valence-corrected chi connectivity index (χ4v) is 6.80. The summed E-state index contributed by atoms with van der Waals surface area (Å²) in [4.78, 5) is 11.0. The Hall–Kier alpha value is -2.81. The van der Waals surface area contributed by atoms with E-state index in [1.807, 2.05) is 13.8 Å². The van der Waals surface area contributed by atoms with Crippen LogP contribution in [0.1, 0.15) is 99.3 Å². The van der Waals surface area contributed by atoms with Gasteiger partial charge in [0.2, 0.25) is 0 Å². The lowest BCUT2D eigenvalue weighted by Gasteiger charge is -2.23. The van der Waals surface area contributed by atoms with E-state index in [4.69, 9.17) is 19.3 Å². The summed E-state index contributed by atoms with van der Waals surface area (Å²) in [5.41, 5.74) is 4.24. The topological polar surface area (TPSA) is 105 Å². The maximum absolute atomic E-state index is 11.0. The van der Waals surface area contributed by atoms with E-state index in [0.717, 1.165) is 18.3 Å². The van der Waals surface area contributed by atoms with Gasteiger partial charge in [-0.05, 0) is 71.8 Å². The van der Waals surface area contributed by atoms with E-state index in [1.165, 1.54) is 47.2 Å². The van der Waals surface area contributed by atoms with E-state index in [1.54, 1.807) is 0 Å². The number of hydrogen-bond donors (Lipinski definition) is 3. The number of aryl methyl sites for hydroxylation is 1. The third-order valence-corrected chi connectivity index (χ3v) is 9.58. The average Bonchev–Trinajstić information content (AvgIpc) is 3.56. The Balaban J connectivity index is 0.000000242. The van der Waals surface area contributed by atoms with Crippen LogP contribution >= 0.6 is 0 Å². The van der Waals surface area contributed by atoms with Crippen LogP contribution in [0.15, 0.2) is 66.7 Å². The summed E-state index contributed by atoms with van der Waals surface area (Å²) < 4.78 is 16.5. The van der Waals surface area contributed by atoms with Gasteiger partial charge < -0.3 is 29.5 Å². The van der Waals surface area contributed by atoms with Gasteiger partial charge in [0.15, 0.2) is 0 Å². The molecule has 7 heteroatoms. The summed E-state index contributed by atoms with van der Waals surface area (Å²) >= 11 is 0. The number of rotatable bonds is 9. The van der Waals surface area contributed by atoms with Crippen molar-refractivity contribution in [3.05, 3.63) is 83.4 Å². The van der Waals surface area contributed by atoms with Gasteiger partial charge in [0.1, 0.15) is 24.4 Å². The second-order valence-electron chi connectivity index (χ2n) is 16.1. The van der Waals surface area contributed by atoms with Gasteiger partial charge in [-0.2, -0.15) is 0 Å². The van der Waals surface area contributed by atoms with Crippen LogP contribution in [0.5, 0.6) is 0 Å². The minimum atomic E-state index is -0.956. The maximum atomic E-state index is 11.0. The van der Waals surface area contributed by atoms with Gasteiger partial charge in [0, 0.05) is 12.8 Å². The number of esters is 1. The van der Waals surface area contributed by atoms with Gasteiger partial charge in [0.05, 0.1) is 24.9 Å². The molecule has 3 aromatic carbocycles. The van der Waals surface area contributed by atoms with Crippen molar-refractivity contribution in [2.45, 2.75) is 145 Å². The Morgan fingerprint density at radius 1 is 0.731 bits per heavy atom. The highest BCUT2D eigenvalue weighted by Gasteiger charge is 2.44. The molecule has 2 heterocycles. The third-order valence-electron chi connectivity index (χ3n) is 9.58. The standard InChI is InChI=1S/C14H16.C12H22O3.C11H16.C8H16O4/c1-11(2)9-12-7-8-13-5-3-4-6-14(13)10-12;1-6-10-8(4)12(14-9(5)13)11(15-10)7(2)3;1-9(2)8-11-6-4-10(3)5-7-11;1-4(2)8-7(11)6(10)5(3-9)12-8/h3-8,10-11H,9H2,1-2H3;7-8,10-12H,6H2,1-5H3;4-7,9H,8H2,1-3H3;4-11H,3H2,1-2H3/t;8-,10-,11+,12-;;5-,6-,7-,8+/m.1.1/s1. The lowest BCUT2D eigenvalue weighted by molar-refractivity contribution is -0.151. The molecule has 3 N–H and O–H groups in total. The monoisotopic (exact) mass is 723 g/mol. The van der Waals surface area contributed by atoms with Crippen LogP contribution in [0.25, 0.3) is 10.8 Å². The zero-order valence-corrected chi connectivity index (χ0v) is 34.1. The summed E-state index contributed by atoms with van der Waals surface area (Å²) in [6, 6.07) is 24.1. The average molecular weight is 723 g/mol. The van der Waals surface area contributed by atoms with Crippen molar-refractivity contribution in [2.75, 3.05) is 6.61 Å². The van der Waals surface area contributed by atoms with E-state index in [2.05, 4.69) is 129 Å². The van der Waals surface area contributed by atoms with Crippen molar-refractivity contribution in [1.82, 2.24) is 0 Å². The molecule has 0 unspecified atom stereocenters. The Kier molecular flexibility index (Phi) is 19.5. The Morgan fingerprint density at radius 3 is 1.71 bits per heavy atom. The summed E-state index contributed by atoms with van der Waals surface area (Å²) in [6.07, 6.45) is 0.713. The fourth-order valence-electron chi connectivity index (χ4n) is 6.80. The smallest absolute Gasteiger partial charge is 0.303 e. The number of carbonyl (C=O) groups is 1. The Bertz CT molecular complexity index is 1430. The molecule has 2 fully saturated rings. The van der Waals surface area contributed by atoms with Crippen LogP contribution < -0.4 is 0 Å². The molecule has 292 valence electrons. The minimum absolute atomic E-state index is 0.0499. The van der Waals surface area contributed by atoms with E-state index < -0.39 is 18.3 Å². The normalized spacial score (nSPS) is 25.4. The predicted octanol–water partition coefficient (Wildman–Crippen LogP) is 8.74. The molecule has 3 aromatic rings. The molecule has 0 radical (unpaired) electrons. The maximum Gasteiger partial charge on any atom is 0.303 e. The minimum Gasteiger partial charge on any atom is -0.459 e. The molecule has 0 spiro atoms. The van der Waals surface area contributed by atoms with Gasteiger partial charge in [-0.3, -0.25) is 4.79 Å². The van der Waals surface area contributed by atoms with E-state index in [0.29, 0.717) is 11.8 Å². The molecule has 0 saturated carbocycles. The summed E-state index contributed by atoms with van der Waals surface area (Å²) in [6.45, 7) is 24.6. The second kappa shape index (κ2) is 22.4. The highest BCUT2D eigenvalue weighted by atomic mass is 16.6. The predicted molar refractivity (Wildman–Crippen MR) is 213 cm³/mol. The van der Waals surface area contributed by atoms with Crippen molar-refractivity contribution >= 4 is 16.7 Å². The molecule has 2 aliphatic heterocycles.